The first-order valence-electron chi connectivity index (χ1n) is 14.9. The van der Waals surface area contributed by atoms with E-state index in [2.05, 4.69) is 128 Å². The molecule has 0 bridgehead atoms. The van der Waals surface area contributed by atoms with Crippen molar-refractivity contribution in [2.24, 2.45) is 0 Å². The van der Waals surface area contributed by atoms with Gasteiger partial charge in [0.2, 0.25) is 0 Å². The van der Waals surface area contributed by atoms with Crippen molar-refractivity contribution in [2.45, 2.75) is 61.8 Å². The summed E-state index contributed by atoms with van der Waals surface area (Å²) in [5, 5.41) is 5.64. The molecular formula is C41H38. The van der Waals surface area contributed by atoms with E-state index in [1.165, 1.54) is 111 Å². The van der Waals surface area contributed by atoms with Crippen LogP contribution < -0.4 is 0 Å². The van der Waals surface area contributed by atoms with E-state index >= 15 is 0 Å². The van der Waals surface area contributed by atoms with Gasteiger partial charge in [0.25, 0.3) is 0 Å². The van der Waals surface area contributed by atoms with Crippen LogP contribution in [0.1, 0.15) is 55.6 Å². The van der Waals surface area contributed by atoms with E-state index < -0.39 is 0 Å². The van der Waals surface area contributed by atoms with Crippen molar-refractivity contribution in [3.63, 3.8) is 0 Å². The Hall–Kier alpha value is -4.16. The molecule has 0 saturated heterocycles. The molecule has 7 rings (SSSR count). The number of fused-ring (bicyclic) bond motifs is 5. The van der Waals surface area contributed by atoms with Crippen LogP contribution in [0.5, 0.6) is 0 Å². The molecule has 0 aliphatic heterocycles. The van der Waals surface area contributed by atoms with Gasteiger partial charge in [0.1, 0.15) is 0 Å². The van der Waals surface area contributed by atoms with Crippen LogP contribution in [0.15, 0.2) is 72.8 Å². The average Bonchev–Trinajstić information content (AvgIpc) is 3.37. The maximum atomic E-state index is 2.49. The molecule has 0 radical (unpaired) electrons. The molecule has 0 atom stereocenters. The summed E-state index contributed by atoms with van der Waals surface area (Å²) in [6.07, 6.45) is 1.02. The lowest BCUT2D eigenvalue weighted by Crippen LogP contribution is -2.03. The standard InChI is InChI=1S/C41H38/c1-22-24(3)28(7)38-36(26(22)5)40(30-14-10-9-11-15-30)37-27(6)23(2)25(4)29(8)39(37)41(38)33-19-18-32-20-31-16-12-13-17-34(31)35(32)21-33/h9-19,21H,20H2,1-8H3. The van der Waals surface area contributed by atoms with Crippen molar-refractivity contribution in [2.75, 3.05) is 0 Å². The Labute approximate surface area is 244 Å². The second-order valence-electron chi connectivity index (χ2n) is 12.3. The molecule has 1 aliphatic rings. The van der Waals surface area contributed by atoms with Gasteiger partial charge in [0, 0.05) is 0 Å². The van der Waals surface area contributed by atoms with Gasteiger partial charge in [-0.1, -0.05) is 66.7 Å². The number of aryl methyl sites for hydroxylation is 4. The summed E-state index contributed by atoms with van der Waals surface area (Å²) < 4.78 is 0. The highest BCUT2D eigenvalue weighted by Gasteiger charge is 2.26. The Balaban J connectivity index is 1.77. The largest absolute Gasteiger partial charge is 0.0622 e. The molecule has 6 aromatic rings. The Bertz CT molecular complexity index is 1990. The van der Waals surface area contributed by atoms with Crippen molar-refractivity contribution >= 4 is 21.5 Å². The smallest absolute Gasteiger partial charge is 0.00134 e. The lowest BCUT2D eigenvalue weighted by atomic mass is 9.76. The minimum absolute atomic E-state index is 1.02. The van der Waals surface area contributed by atoms with Crippen LogP contribution in [-0.4, -0.2) is 0 Å². The molecule has 41 heavy (non-hydrogen) atoms. The second-order valence-corrected chi connectivity index (χ2v) is 12.3. The first-order valence-corrected chi connectivity index (χ1v) is 14.9. The lowest BCUT2D eigenvalue weighted by molar-refractivity contribution is 1.24. The van der Waals surface area contributed by atoms with Gasteiger partial charge in [-0.05, 0) is 178 Å². The van der Waals surface area contributed by atoms with Gasteiger partial charge in [-0.3, -0.25) is 0 Å². The van der Waals surface area contributed by atoms with Crippen LogP contribution in [0, 0.1) is 55.4 Å². The SMILES string of the molecule is Cc1c(C)c(C)c2c(-c3ccc4c(c3)-c3ccccc3C4)c3c(C)c(C)c(C)c(C)c3c(-c3ccccc3)c2c1C. The van der Waals surface area contributed by atoms with Crippen LogP contribution in [0.2, 0.25) is 0 Å². The van der Waals surface area contributed by atoms with E-state index in [0.717, 1.165) is 6.42 Å². The van der Waals surface area contributed by atoms with Crippen LogP contribution >= 0.6 is 0 Å². The van der Waals surface area contributed by atoms with Crippen molar-refractivity contribution < 1.29 is 0 Å². The molecule has 0 fully saturated rings. The molecule has 0 spiro atoms. The van der Waals surface area contributed by atoms with Gasteiger partial charge >= 0.3 is 0 Å². The quantitative estimate of drug-likeness (QED) is 0.195. The number of rotatable bonds is 2. The van der Waals surface area contributed by atoms with Crippen LogP contribution in [0.3, 0.4) is 0 Å². The fraction of sp³-hybridized carbons (Fsp3) is 0.220. The first kappa shape index (κ1) is 25.8. The molecule has 0 aromatic heterocycles. The highest BCUT2D eigenvalue weighted by Crippen LogP contribution is 2.51. The zero-order chi connectivity index (χ0) is 28.7. The Morgan fingerprint density at radius 3 is 1.34 bits per heavy atom. The van der Waals surface area contributed by atoms with Gasteiger partial charge in [-0.25, -0.2) is 0 Å². The summed E-state index contributed by atoms with van der Waals surface area (Å²) in [5.41, 5.74) is 22.3. The molecule has 0 heteroatoms. The number of hydrogen-bond acceptors (Lipinski definition) is 0. The predicted octanol–water partition coefficient (Wildman–Crippen LogP) is 11.4. The van der Waals surface area contributed by atoms with E-state index in [-0.39, 0.29) is 0 Å². The van der Waals surface area contributed by atoms with Crippen molar-refractivity contribution in [3.8, 4) is 33.4 Å². The van der Waals surface area contributed by atoms with Crippen molar-refractivity contribution in [3.05, 3.63) is 128 Å². The first-order chi connectivity index (χ1) is 19.7. The summed E-state index contributed by atoms with van der Waals surface area (Å²) in [7, 11) is 0. The second kappa shape index (κ2) is 9.18. The van der Waals surface area contributed by atoms with E-state index in [1.807, 2.05) is 0 Å². The maximum Gasteiger partial charge on any atom is -0.00134 e. The van der Waals surface area contributed by atoms with Gasteiger partial charge in [0.15, 0.2) is 0 Å². The van der Waals surface area contributed by atoms with E-state index in [9.17, 15) is 0 Å². The Morgan fingerprint density at radius 1 is 0.366 bits per heavy atom. The fourth-order valence-corrected chi connectivity index (χ4v) is 7.59. The van der Waals surface area contributed by atoms with Crippen LogP contribution in [-0.2, 0) is 6.42 Å². The minimum Gasteiger partial charge on any atom is -0.0622 e. The monoisotopic (exact) mass is 530 g/mol. The zero-order valence-electron chi connectivity index (χ0n) is 25.6. The molecule has 1 aliphatic carbocycles. The third-order valence-corrected chi connectivity index (χ3v) is 10.5. The number of hydrogen-bond donors (Lipinski definition) is 0. The lowest BCUT2D eigenvalue weighted by Gasteiger charge is -2.27. The van der Waals surface area contributed by atoms with E-state index in [4.69, 9.17) is 0 Å². The molecule has 6 aromatic carbocycles. The zero-order valence-corrected chi connectivity index (χ0v) is 25.6. The Morgan fingerprint density at radius 2 is 0.805 bits per heavy atom. The topological polar surface area (TPSA) is 0 Å². The van der Waals surface area contributed by atoms with E-state index in [1.54, 1.807) is 0 Å². The van der Waals surface area contributed by atoms with Gasteiger partial charge in [-0.2, -0.15) is 0 Å². The van der Waals surface area contributed by atoms with Gasteiger partial charge in [-0.15, -0.1) is 0 Å². The number of benzene rings is 6. The van der Waals surface area contributed by atoms with Gasteiger partial charge < -0.3 is 0 Å². The third kappa shape index (κ3) is 3.53. The molecule has 202 valence electrons. The summed E-state index contributed by atoms with van der Waals surface area (Å²) in [4.78, 5) is 0. The molecule has 0 unspecified atom stereocenters. The predicted molar refractivity (Wildman–Crippen MR) is 178 cm³/mol. The summed E-state index contributed by atoms with van der Waals surface area (Å²) in [6, 6.07) is 27.3. The third-order valence-electron chi connectivity index (χ3n) is 10.5. The summed E-state index contributed by atoms with van der Waals surface area (Å²) >= 11 is 0. The molecule has 0 N–H and O–H groups in total. The van der Waals surface area contributed by atoms with Crippen molar-refractivity contribution in [1.82, 2.24) is 0 Å². The summed E-state index contributed by atoms with van der Waals surface area (Å²) in [6.45, 7) is 18.6. The van der Waals surface area contributed by atoms with E-state index in [0.29, 0.717) is 0 Å². The summed E-state index contributed by atoms with van der Waals surface area (Å²) in [5.74, 6) is 0. The minimum atomic E-state index is 1.02. The van der Waals surface area contributed by atoms with Crippen LogP contribution in [0.25, 0.3) is 54.9 Å². The highest BCUT2D eigenvalue weighted by molar-refractivity contribution is 6.25. The maximum absolute atomic E-state index is 2.49. The molecule has 0 amide bonds. The molecule has 0 nitrogen and oxygen atoms in total. The normalized spacial score (nSPS) is 12.3. The molecule has 0 heterocycles. The Kier molecular flexibility index (Phi) is 5.77. The fourth-order valence-electron chi connectivity index (χ4n) is 7.59. The van der Waals surface area contributed by atoms with Crippen molar-refractivity contribution in [1.29, 1.82) is 0 Å². The average molecular weight is 531 g/mol. The molecular weight excluding hydrogens is 492 g/mol. The van der Waals surface area contributed by atoms with Crippen LogP contribution in [0.4, 0.5) is 0 Å². The highest BCUT2D eigenvalue weighted by atomic mass is 14.3. The van der Waals surface area contributed by atoms with Gasteiger partial charge in [0.05, 0.1) is 0 Å². The molecule has 0 saturated carbocycles.